The number of ether oxygens (including phenoxy) is 1. The summed E-state index contributed by atoms with van der Waals surface area (Å²) in [6, 6.07) is 16.2. The fraction of sp³-hybridized carbons (Fsp3) is 0.318. The lowest BCUT2D eigenvalue weighted by molar-refractivity contribution is -0.933. The third kappa shape index (κ3) is 3.13. The van der Waals surface area contributed by atoms with E-state index >= 15 is 0 Å². The molecule has 0 bridgehead atoms. The van der Waals surface area contributed by atoms with E-state index in [0.29, 0.717) is 18.2 Å². The molecule has 134 valence electrons. The van der Waals surface area contributed by atoms with Crippen molar-refractivity contribution in [2.24, 2.45) is 0 Å². The smallest absolute Gasteiger partial charge is 0.336 e. The predicted molar refractivity (Wildman–Crippen MR) is 102 cm³/mol. The maximum Gasteiger partial charge on any atom is 0.336 e. The van der Waals surface area contributed by atoms with Crippen LogP contribution in [0.1, 0.15) is 36.5 Å². The molecule has 2 atom stereocenters. The molecule has 0 radical (unpaired) electrons. The summed E-state index contributed by atoms with van der Waals surface area (Å²) in [5, 5.41) is 1.02. The Morgan fingerprint density at radius 2 is 1.96 bits per heavy atom. The minimum atomic E-state index is -0.285. The zero-order valence-corrected chi connectivity index (χ0v) is 15.2. The van der Waals surface area contributed by atoms with E-state index in [-0.39, 0.29) is 5.63 Å². The molecule has 4 nitrogen and oxygen atoms in total. The molecule has 1 aliphatic heterocycles. The lowest BCUT2D eigenvalue weighted by Gasteiger charge is -2.28. The molecule has 26 heavy (non-hydrogen) atoms. The highest BCUT2D eigenvalue weighted by molar-refractivity contribution is 5.85. The van der Waals surface area contributed by atoms with Crippen molar-refractivity contribution < 1.29 is 14.1 Å². The molecule has 0 saturated carbocycles. The van der Waals surface area contributed by atoms with E-state index < -0.39 is 0 Å². The van der Waals surface area contributed by atoms with Gasteiger partial charge in [0.15, 0.2) is 5.58 Å². The first-order valence-electron chi connectivity index (χ1n) is 9.25. The van der Waals surface area contributed by atoms with Crippen LogP contribution in [0.3, 0.4) is 0 Å². The first-order chi connectivity index (χ1) is 12.7. The van der Waals surface area contributed by atoms with Crippen LogP contribution in [-0.2, 0) is 13.0 Å². The van der Waals surface area contributed by atoms with Crippen LogP contribution in [0, 0.1) is 0 Å². The quantitative estimate of drug-likeness (QED) is 0.736. The maximum absolute atomic E-state index is 12.0. The molecule has 1 N–H and O–H groups in total. The minimum Gasteiger partial charge on any atom is -0.445 e. The van der Waals surface area contributed by atoms with Crippen LogP contribution in [0.4, 0.5) is 0 Å². The first kappa shape index (κ1) is 16.9. The van der Waals surface area contributed by atoms with Gasteiger partial charge in [-0.25, -0.2) is 4.79 Å². The van der Waals surface area contributed by atoms with Gasteiger partial charge in [-0.05, 0) is 29.7 Å². The fourth-order valence-corrected chi connectivity index (χ4v) is 3.87. The van der Waals surface area contributed by atoms with E-state index in [9.17, 15) is 4.79 Å². The van der Waals surface area contributed by atoms with Gasteiger partial charge >= 0.3 is 5.63 Å². The Labute approximate surface area is 153 Å². The summed E-state index contributed by atoms with van der Waals surface area (Å²) in [6.07, 6.45) is 0.809. The molecule has 0 spiro atoms. The number of nitrogens with one attached hydrogen (secondary N) is 1. The largest absolute Gasteiger partial charge is 0.445 e. The first-order valence-corrected chi connectivity index (χ1v) is 9.25. The Bertz CT molecular complexity index is 978. The van der Waals surface area contributed by atoms with E-state index in [1.807, 2.05) is 18.2 Å². The maximum atomic E-state index is 12.0. The molecule has 4 heteroatoms. The van der Waals surface area contributed by atoms with Gasteiger partial charge in [0.05, 0.1) is 12.1 Å². The van der Waals surface area contributed by atoms with Crippen molar-refractivity contribution >= 4 is 11.0 Å². The molecular weight excluding hydrogens is 326 g/mol. The fourth-order valence-electron chi connectivity index (χ4n) is 3.87. The van der Waals surface area contributed by atoms with Crippen molar-refractivity contribution in [2.75, 3.05) is 13.3 Å². The highest BCUT2D eigenvalue weighted by Crippen LogP contribution is 2.30. The molecule has 0 saturated heterocycles. The normalized spacial score (nSPS) is 17.5. The summed E-state index contributed by atoms with van der Waals surface area (Å²) in [4.78, 5) is 13.3. The van der Waals surface area contributed by atoms with Gasteiger partial charge in [0.2, 0.25) is 6.73 Å². The summed E-state index contributed by atoms with van der Waals surface area (Å²) in [5.41, 5.74) is 3.78. The van der Waals surface area contributed by atoms with Crippen LogP contribution in [0.15, 0.2) is 57.7 Å². The molecular formula is C22H24NO3+. The second kappa shape index (κ2) is 6.96. The number of hydrogen-bond acceptors (Lipinski definition) is 3. The van der Waals surface area contributed by atoms with Crippen LogP contribution in [0.2, 0.25) is 0 Å². The molecule has 1 aliphatic rings. The predicted octanol–water partition coefficient (Wildman–Crippen LogP) is 2.89. The average Bonchev–Trinajstić information content (AvgIpc) is 2.68. The lowest BCUT2D eigenvalue weighted by Crippen LogP contribution is -3.12. The van der Waals surface area contributed by atoms with Gasteiger partial charge in [-0.3, -0.25) is 4.90 Å². The van der Waals surface area contributed by atoms with Crippen LogP contribution >= 0.6 is 0 Å². The zero-order chi connectivity index (χ0) is 18.1. The van der Waals surface area contributed by atoms with E-state index in [1.165, 1.54) is 10.5 Å². The monoisotopic (exact) mass is 350 g/mol. The van der Waals surface area contributed by atoms with E-state index in [0.717, 1.165) is 41.8 Å². The average molecular weight is 350 g/mol. The Morgan fingerprint density at radius 1 is 1.15 bits per heavy atom. The summed E-state index contributed by atoms with van der Waals surface area (Å²) < 4.78 is 11.6. The minimum absolute atomic E-state index is 0.285. The molecule has 0 aliphatic carbocycles. The number of aryl methyl sites for hydroxylation is 1. The molecule has 1 unspecified atom stereocenters. The summed E-state index contributed by atoms with van der Waals surface area (Å²) in [5.74, 6) is 1.27. The molecule has 1 aromatic heterocycles. The number of hydrogen-bond donors (Lipinski definition) is 1. The van der Waals surface area contributed by atoms with Gasteiger partial charge in [-0.15, -0.1) is 0 Å². The lowest BCUT2D eigenvalue weighted by atomic mass is 9.99. The SMILES string of the molecule is CCc1cc(=O)oc2c3c(ccc12)OC[NH+](C[C@@H](C)c1ccccc1)C3. The number of quaternary nitrogens is 1. The summed E-state index contributed by atoms with van der Waals surface area (Å²) >= 11 is 0. The van der Waals surface area contributed by atoms with Crippen molar-refractivity contribution in [3.63, 3.8) is 0 Å². The van der Waals surface area contributed by atoms with Gasteiger partial charge < -0.3 is 9.15 Å². The van der Waals surface area contributed by atoms with E-state index in [2.05, 4.69) is 38.1 Å². The van der Waals surface area contributed by atoms with Gasteiger partial charge in [0.25, 0.3) is 0 Å². The molecule has 4 rings (SSSR count). The molecule has 3 aromatic rings. The Morgan fingerprint density at radius 3 is 2.73 bits per heavy atom. The number of benzene rings is 2. The number of rotatable bonds is 4. The zero-order valence-electron chi connectivity index (χ0n) is 15.2. The standard InChI is InChI=1S/C22H23NO3/c1-3-16-11-21(24)26-22-18(16)9-10-20-19(22)13-23(14-25-20)12-15(2)17-7-5-4-6-8-17/h4-11,15H,3,12-14H2,1-2H3/p+1/t15-/m1/s1. The summed E-state index contributed by atoms with van der Waals surface area (Å²) in [7, 11) is 0. The number of fused-ring (bicyclic) bond motifs is 3. The second-order valence-electron chi connectivity index (χ2n) is 7.09. The molecule has 0 amide bonds. The van der Waals surface area contributed by atoms with E-state index in [1.54, 1.807) is 6.07 Å². The second-order valence-corrected chi connectivity index (χ2v) is 7.09. The molecule has 2 heterocycles. The van der Waals surface area contributed by atoms with Crippen LogP contribution in [0.25, 0.3) is 11.0 Å². The van der Waals surface area contributed by atoms with Gasteiger partial charge in [-0.1, -0.05) is 44.2 Å². The highest BCUT2D eigenvalue weighted by atomic mass is 16.5. The van der Waals surface area contributed by atoms with Gasteiger partial charge in [0, 0.05) is 17.4 Å². The topological polar surface area (TPSA) is 43.9 Å². The van der Waals surface area contributed by atoms with Crippen LogP contribution < -0.4 is 15.3 Å². The van der Waals surface area contributed by atoms with Crippen molar-refractivity contribution in [1.29, 1.82) is 0 Å². The third-order valence-electron chi connectivity index (χ3n) is 5.26. The molecule has 0 fully saturated rings. The Kier molecular flexibility index (Phi) is 4.51. The van der Waals surface area contributed by atoms with Crippen molar-refractivity contribution in [3.05, 3.63) is 75.6 Å². The highest BCUT2D eigenvalue weighted by Gasteiger charge is 2.26. The van der Waals surface area contributed by atoms with Crippen LogP contribution in [-0.4, -0.2) is 13.3 Å². The van der Waals surface area contributed by atoms with Crippen molar-refractivity contribution in [3.8, 4) is 5.75 Å². The summed E-state index contributed by atoms with van der Waals surface area (Å²) in [6.45, 7) is 6.71. The van der Waals surface area contributed by atoms with Crippen LogP contribution in [0.5, 0.6) is 5.75 Å². The van der Waals surface area contributed by atoms with Crippen molar-refractivity contribution in [2.45, 2.75) is 32.7 Å². The van der Waals surface area contributed by atoms with Gasteiger partial charge in [-0.2, -0.15) is 0 Å². The third-order valence-corrected chi connectivity index (χ3v) is 5.26. The molecule has 2 aromatic carbocycles. The Balaban J connectivity index is 1.65. The van der Waals surface area contributed by atoms with E-state index in [4.69, 9.17) is 9.15 Å². The Hall–Kier alpha value is -2.59. The van der Waals surface area contributed by atoms with Crippen molar-refractivity contribution in [1.82, 2.24) is 0 Å². The van der Waals surface area contributed by atoms with Gasteiger partial charge in [0.1, 0.15) is 12.3 Å².